The third-order valence-electron chi connectivity index (χ3n) is 6.96. The lowest BCUT2D eigenvalue weighted by Gasteiger charge is -2.47. The molecule has 2 bridgehead atoms. The second kappa shape index (κ2) is 8.41. The zero-order valence-corrected chi connectivity index (χ0v) is 20.9. The number of carbonyl (C=O) groups excluding carboxylic acids is 1. The van der Waals surface area contributed by atoms with Crippen LogP contribution in [0.3, 0.4) is 0 Å². The van der Waals surface area contributed by atoms with Gasteiger partial charge in [0.05, 0.1) is 5.92 Å². The number of rotatable bonds is 4. The summed E-state index contributed by atoms with van der Waals surface area (Å²) < 4.78 is 0.272. The van der Waals surface area contributed by atoms with Gasteiger partial charge < -0.3 is 9.88 Å². The van der Waals surface area contributed by atoms with Gasteiger partial charge in [-0.1, -0.05) is 77.9 Å². The van der Waals surface area contributed by atoms with Crippen molar-refractivity contribution in [3.8, 4) is 0 Å². The number of alkyl halides is 3. The first-order chi connectivity index (χ1) is 14.4. The van der Waals surface area contributed by atoms with Crippen molar-refractivity contribution < 1.29 is 4.79 Å². The summed E-state index contributed by atoms with van der Waals surface area (Å²) >= 11 is 30.7. The molecule has 4 rings (SSSR count). The van der Waals surface area contributed by atoms with Crippen LogP contribution >= 0.6 is 58.0 Å². The molecular formula is C21H24Cl5N3O2. The van der Waals surface area contributed by atoms with E-state index < -0.39 is 9.96 Å². The third-order valence-corrected chi connectivity index (χ3v) is 7.83. The molecule has 2 aliphatic heterocycles. The number of nitrogens with one attached hydrogen (secondary N) is 1. The number of allylic oxidation sites excluding steroid dienone is 1. The number of hydrogen-bond acceptors (Lipinski definition) is 3. The van der Waals surface area contributed by atoms with E-state index in [1.54, 1.807) is 18.2 Å². The molecule has 5 atom stereocenters. The molecule has 0 radical (unpaired) electrons. The van der Waals surface area contributed by atoms with E-state index in [1.165, 1.54) is 0 Å². The molecular weight excluding hydrogens is 504 g/mol. The van der Waals surface area contributed by atoms with Gasteiger partial charge in [-0.3, -0.25) is 14.5 Å². The number of nitrogens with zero attached hydrogens (tertiary/aromatic N) is 2. The smallest absolute Gasteiger partial charge is 0.250 e. The SMILES string of the molecule is CC1(C)[C@@H](C=C(Cl)Cl)[C@@H]1C(=O)N[C@H](N1C[C@@H]2C[C@@H](C1)c1cccc(=O)n1C2)C(Cl)(Cl)Cl. The number of pyridine rings is 1. The van der Waals surface area contributed by atoms with E-state index in [-0.39, 0.29) is 45.0 Å². The molecule has 1 N–H and O–H groups in total. The Morgan fingerprint density at radius 3 is 2.58 bits per heavy atom. The van der Waals surface area contributed by atoms with E-state index in [0.29, 0.717) is 19.6 Å². The number of piperidine rings is 1. The summed E-state index contributed by atoms with van der Waals surface area (Å²) in [6.45, 7) is 5.81. The van der Waals surface area contributed by atoms with Gasteiger partial charge in [0.1, 0.15) is 10.7 Å². The predicted molar refractivity (Wildman–Crippen MR) is 126 cm³/mol. The van der Waals surface area contributed by atoms with E-state index in [4.69, 9.17) is 58.0 Å². The van der Waals surface area contributed by atoms with Crippen LogP contribution in [-0.4, -0.2) is 38.4 Å². The molecule has 1 aliphatic carbocycles. The molecule has 0 aromatic carbocycles. The van der Waals surface area contributed by atoms with E-state index in [9.17, 15) is 9.59 Å². The topological polar surface area (TPSA) is 54.3 Å². The number of fused-ring (bicyclic) bond motifs is 4. The number of hydrogen-bond donors (Lipinski definition) is 1. The highest BCUT2D eigenvalue weighted by Gasteiger charge is 2.61. The maximum absolute atomic E-state index is 13.1. The minimum Gasteiger partial charge on any atom is -0.336 e. The number of aromatic nitrogens is 1. The molecule has 170 valence electrons. The van der Waals surface area contributed by atoms with Crippen molar-refractivity contribution in [2.75, 3.05) is 13.1 Å². The monoisotopic (exact) mass is 525 g/mol. The fraction of sp³-hybridized carbons (Fsp3) is 0.619. The Kier molecular flexibility index (Phi) is 6.44. The van der Waals surface area contributed by atoms with Crippen molar-refractivity contribution >= 4 is 63.9 Å². The highest BCUT2D eigenvalue weighted by Crippen LogP contribution is 2.60. The van der Waals surface area contributed by atoms with Gasteiger partial charge in [-0.2, -0.15) is 0 Å². The van der Waals surface area contributed by atoms with Crippen LogP contribution in [0.15, 0.2) is 33.6 Å². The minimum absolute atomic E-state index is 0.0138. The first-order valence-corrected chi connectivity index (χ1v) is 12.1. The van der Waals surface area contributed by atoms with Crippen LogP contribution in [0.4, 0.5) is 0 Å². The first-order valence-electron chi connectivity index (χ1n) is 10.2. The van der Waals surface area contributed by atoms with Crippen molar-refractivity contribution in [2.45, 2.75) is 42.7 Å². The van der Waals surface area contributed by atoms with Crippen molar-refractivity contribution in [3.05, 3.63) is 44.8 Å². The van der Waals surface area contributed by atoms with Crippen molar-refractivity contribution in [1.29, 1.82) is 0 Å². The summed E-state index contributed by atoms with van der Waals surface area (Å²) in [6, 6.07) is 5.35. The van der Waals surface area contributed by atoms with Crippen LogP contribution in [-0.2, 0) is 11.3 Å². The lowest BCUT2D eigenvalue weighted by atomic mass is 9.83. The van der Waals surface area contributed by atoms with Crippen molar-refractivity contribution in [1.82, 2.24) is 14.8 Å². The van der Waals surface area contributed by atoms with Gasteiger partial charge in [-0.15, -0.1) is 0 Å². The summed E-state index contributed by atoms with van der Waals surface area (Å²) in [5, 5.41) is 2.98. The lowest BCUT2D eigenvalue weighted by Crippen LogP contribution is -2.60. The summed E-state index contributed by atoms with van der Waals surface area (Å²) in [5.74, 6) is -0.201. The maximum Gasteiger partial charge on any atom is 0.250 e. The number of halogens is 5. The van der Waals surface area contributed by atoms with Gasteiger partial charge >= 0.3 is 0 Å². The Balaban J connectivity index is 1.54. The maximum atomic E-state index is 13.1. The Morgan fingerprint density at radius 2 is 1.94 bits per heavy atom. The molecule has 0 unspecified atom stereocenters. The van der Waals surface area contributed by atoms with Gasteiger partial charge in [0, 0.05) is 37.3 Å². The molecule has 1 aromatic heterocycles. The Labute approximate surface area is 206 Å². The highest BCUT2D eigenvalue weighted by molar-refractivity contribution is 6.68. The van der Waals surface area contributed by atoms with Gasteiger partial charge in [0.25, 0.3) is 5.56 Å². The molecule has 2 fully saturated rings. The molecule has 10 heteroatoms. The van der Waals surface area contributed by atoms with Gasteiger partial charge in [0.15, 0.2) is 0 Å². The van der Waals surface area contributed by atoms with Gasteiger partial charge in [0.2, 0.25) is 9.70 Å². The van der Waals surface area contributed by atoms with Gasteiger partial charge in [-0.05, 0) is 35.8 Å². The van der Waals surface area contributed by atoms with Crippen LogP contribution < -0.4 is 10.9 Å². The Bertz CT molecular complexity index is 966. The molecule has 3 aliphatic rings. The fourth-order valence-electron chi connectivity index (χ4n) is 5.37. The van der Waals surface area contributed by atoms with Crippen LogP contribution in [0.1, 0.15) is 31.9 Å². The molecule has 0 spiro atoms. The molecule has 31 heavy (non-hydrogen) atoms. The normalized spacial score (nSPS) is 30.2. The van der Waals surface area contributed by atoms with Crippen LogP contribution in [0.25, 0.3) is 0 Å². The molecule has 1 aromatic rings. The second-order valence-corrected chi connectivity index (χ2v) is 12.8. The van der Waals surface area contributed by atoms with Crippen LogP contribution in [0.5, 0.6) is 0 Å². The Morgan fingerprint density at radius 1 is 1.23 bits per heavy atom. The summed E-state index contributed by atoms with van der Waals surface area (Å²) in [4.78, 5) is 27.4. The molecule has 1 saturated carbocycles. The highest BCUT2D eigenvalue weighted by atomic mass is 35.6. The summed E-state index contributed by atoms with van der Waals surface area (Å²) in [7, 11) is 0. The van der Waals surface area contributed by atoms with Crippen molar-refractivity contribution in [3.63, 3.8) is 0 Å². The fourth-order valence-corrected chi connectivity index (χ4v) is 6.22. The molecule has 5 nitrogen and oxygen atoms in total. The van der Waals surface area contributed by atoms with Crippen LogP contribution in [0, 0.1) is 23.2 Å². The molecule has 1 amide bonds. The summed E-state index contributed by atoms with van der Waals surface area (Å²) in [5.41, 5.74) is 0.725. The van der Waals surface area contributed by atoms with E-state index >= 15 is 0 Å². The average molecular weight is 528 g/mol. The number of likely N-dealkylation sites (tertiary alicyclic amines) is 1. The summed E-state index contributed by atoms with van der Waals surface area (Å²) in [6.07, 6.45) is 1.87. The second-order valence-electron chi connectivity index (χ2n) is 9.39. The molecule has 3 heterocycles. The zero-order valence-electron chi connectivity index (χ0n) is 17.1. The van der Waals surface area contributed by atoms with E-state index in [1.807, 2.05) is 29.4 Å². The van der Waals surface area contributed by atoms with Crippen LogP contribution in [0.2, 0.25) is 0 Å². The third kappa shape index (κ3) is 4.64. The quantitative estimate of drug-likeness (QED) is 0.579. The predicted octanol–water partition coefficient (Wildman–Crippen LogP) is 4.67. The van der Waals surface area contributed by atoms with E-state index in [0.717, 1.165) is 12.1 Å². The first kappa shape index (κ1) is 23.7. The van der Waals surface area contributed by atoms with Crippen molar-refractivity contribution in [2.24, 2.45) is 23.2 Å². The number of carbonyl (C=O) groups is 1. The zero-order chi connectivity index (χ0) is 22.7. The largest absolute Gasteiger partial charge is 0.336 e. The standard InChI is InChI=1S/C21H24Cl5N3O2/c1-20(2)13(7-15(22)23)17(20)18(31)27-19(21(24,25)26)28-8-11-6-12(10-28)14-4-3-5-16(30)29(14)9-11/h3-5,7,11-13,17,19H,6,8-10H2,1-2H3,(H,27,31)/t11-,12-,13-,17+,19+/m0/s1. The Hall–Kier alpha value is -0.430. The van der Waals surface area contributed by atoms with Gasteiger partial charge in [-0.25, -0.2) is 0 Å². The lowest BCUT2D eigenvalue weighted by molar-refractivity contribution is -0.125. The van der Waals surface area contributed by atoms with E-state index in [2.05, 4.69) is 5.32 Å². The minimum atomic E-state index is -1.72. The molecule has 1 saturated heterocycles. The average Bonchev–Trinajstić information content (AvgIpc) is 3.18. The number of amides is 1.